The van der Waals surface area contributed by atoms with E-state index in [0.29, 0.717) is 44.9 Å². The Morgan fingerprint density at radius 1 is 1.29 bits per heavy atom. The van der Waals surface area contributed by atoms with E-state index in [4.69, 9.17) is 5.73 Å². The van der Waals surface area contributed by atoms with Gasteiger partial charge in [-0.05, 0) is 25.4 Å². The van der Waals surface area contributed by atoms with Gasteiger partial charge in [0.25, 0.3) is 0 Å². The Kier molecular flexibility index (Phi) is 4.12. The number of amides is 1. The van der Waals surface area contributed by atoms with Crippen LogP contribution < -0.4 is 5.73 Å². The van der Waals surface area contributed by atoms with Crippen LogP contribution in [0.15, 0.2) is 0 Å². The van der Waals surface area contributed by atoms with Gasteiger partial charge in [-0.2, -0.15) is 0 Å². The van der Waals surface area contributed by atoms with Crippen molar-refractivity contribution in [2.45, 2.75) is 19.3 Å². The van der Waals surface area contributed by atoms with Crippen LogP contribution in [0.5, 0.6) is 0 Å². The summed E-state index contributed by atoms with van der Waals surface area (Å²) < 4.78 is 0. The predicted molar refractivity (Wildman–Crippen MR) is 64.4 cm³/mol. The number of carbonyl (C=O) groups is 2. The second kappa shape index (κ2) is 5.60. The first-order valence-electron chi connectivity index (χ1n) is 6.41. The van der Waals surface area contributed by atoms with Gasteiger partial charge >= 0.3 is 0 Å². The summed E-state index contributed by atoms with van der Waals surface area (Å²) >= 11 is 0. The Balaban J connectivity index is 1.75. The predicted octanol–water partition coefficient (Wildman–Crippen LogP) is -0.541. The normalized spacial score (nSPS) is 26.5. The molecule has 1 amide bonds. The fourth-order valence-corrected chi connectivity index (χ4v) is 2.55. The van der Waals surface area contributed by atoms with E-state index in [1.165, 1.54) is 0 Å². The maximum atomic E-state index is 12.0. The number of likely N-dealkylation sites (tertiary alicyclic amines) is 2. The molecular weight excluding hydrogens is 218 g/mol. The highest BCUT2D eigenvalue weighted by Crippen LogP contribution is 2.15. The van der Waals surface area contributed by atoms with E-state index in [9.17, 15) is 9.59 Å². The lowest BCUT2D eigenvalue weighted by molar-refractivity contribution is -0.135. The third-order valence-corrected chi connectivity index (χ3v) is 3.74. The smallest absolute Gasteiger partial charge is 0.236 e. The molecule has 2 aliphatic heterocycles. The lowest BCUT2D eigenvalue weighted by atomic mass is 10.1. The Morgan fingerprint density at radius 2 is 2.00 bits per heavy atom. The highest BCUT2D eigenvalue weighted by Gasteiger charge is 2.26. The number of piperidine rings is 1. The minimum absolute atomic E-state index is 0.162. The Labute approximate surface area is 102 Å². The van der Waals surface area contributed by atoms with Crippen molar-refractivity contribution in [3.8, 4) is 0 Å². The molecule has 0 aromatic carbocycles. The molecule has 0 aliphatic carbocycles. The van der Waals surface area contributed by atoms with E-state index < -0.39 is 0 Å². The van der Waals surface area contributed by atoms with E-state index in [1.807, 2.05) is 4.90 Å². The number of ketones is 1. The third-order valence-electron chi connectivity index (χ3n) is 3.74. The minimum atomic E-state index is 0.162. The number of nitrogens with two attached hydrogens (primary N) is 1. The molecule has 96 valence electrons. The van der Waals surface area contributed by atoms with Crippen LogP contribution >= 0.6 is 0 Å². The molecule has 2 saturated heterocycles. The molecular formula is C12H21N3O2. The summed E-state index contributed by atoms with van der Waals surface area (Å²) in [6.45, 7) is 4.32. The Bertz CT molecular complexity index is 296. The zero-order valence-corrected chi connectivity index (χ0v) is 10.2. The molecule has 2 N–H and O–H groups in total. The molecule has 0 aromatic rings. The van der Waals surface area contributed by atoms with Crippen LogP contribution in [0, 0.1) is 5.92 Å². The highest BCUT2D eigenvalue weighted by molar-refractivity contribution is 5.84. The van der Waals surface area contributed by atoms with Gasteiger partial charge in [0.05, 0.1) is 6.54 Å². The van der Waals surface area contributed by atoms with Crippen molar-refractivity contribution in [1.82, 2.24) is 9.80 Å². The fraction of sp³-hybridized carbons (Fsp3) is 0.833. The average molecular weight is 239 g/mol. The van der Waals surface area contributed by atoms with Crippen LogP contribution in [0.2, 0.25) is 0 Å². The molecule has 0 saturated carbocycles. The number of hydrogen-bond acceptors (Lipinski definition) is 4. The molecule has 0 radical (unpaired) electrons. The first-order chi connectivity index (χ1) is 8.19. The van der Waals surface area contributed by atoms with Crippen molar-refractivity contribution in [3.63, 3.8) is 0 Å². The zero-order chi connectivity index (χ0) is 12.3. The van der Waals surface area contributed by atoms with Crippen molar-refractivity contribution < 1.29 is 9.59 Å². The highest BCUT2D eigenvalue weighted by atomic mass is 16.2. The lowest BCUT2D eigenvalue weighted by Gasteiger charge is -2.28. The number of carbonyl (C=O) groups excluding carboxylic acids is 2. The molecule has 1 unspecified atom stereocenters. The van der Waals surface area contributed by atoms with Crippen molar-refractivity contribution in [2.24, 2.45) is 11.7 Å². The van der Waals surface area contributed by atoms with Gasteiger partial charge in [0.15, 0.2) is 0 Å². The van der Waals surface area contributed by atoms with Gasteiger partial charge in [0, 0.05) is 32.5 Å². The molecule has 2 fully saturated rings. The molecule has 1 atom stereocenters. The van der Waals surface area contributed by atoms with Crippen molar-refractivity contribution in [3.05, 3.63) is 0 Å². The topological polar surface area (TPSA) is 66.6 Å². The summed E-state index contributed by atoms with van der Waals surface area (Å²) in [5.74, 6) is 0.985. The van der Waals surface area contributed by atoms with E-state index >= 15 is 0 Å². The van der Waals surface area contributed by atoms with Gasteiger partial charge in [-0.1, -0.05) is 0 Å². The van der Waals surface area contributed by atoms with Gasteiger partial charge in [-0.25, -0.2) is 0 Å². The summed E-state index contributed by atoms with van der Waals surface area (Å²) in [4.78, 5) is 27.1. The van der Waals surface area contributed by atoms with Gasteiger partial charge < -0.3 is 10.6 Å². The van der Waals surface area contributed by atoms with Crippen molar-refractivity contribution >= 4 is 11.7 Å². The van der Waals surface area contributed by atoms with Crippen LogP contribution in [0.1, 0.15) is 19.3 Å². The largest absolute Gasteiger partial charge is 0.341 e. The summed E-state index contributed by atoms with van der Waals surface area (Å²) in [6.07, 6.45) is 2.15. The first-order valence-corrected chi connectivity index (χ1v) is 6.41. The molecule has 2 rings (SSSR count). The molecule has 0 spiro atoms. The maximum absolute atomic E-state index is 12.0. The molecule has 2 aliphatic rings. The fourth-order valence-electron chi connectivity index (χ4n) is 2.55. The number of Topliss-reactive ketones (excluding diaryl/α,β-unsaturated/α-hetero) is 1. The second-order valence-corrected chi connectivity index (χ2v) is 5.04. The third kappa shape index (κ3) is 3.26. The number of nitrogens with zero attached hydrogens (tertiary/aromatic N) is 2. The Hall–Kier alpha value is -0.940. The monoisotopic (exact) mass is 239 g/mol. The molecule has 17 heavy (non-hydrogen) atoms. The molecule has 0 aromatic heterocycles. The van der Waals surface area contributed by atoms with Crippen LogP contribution in [0.25, 0.3) is 0 Å². The molecule has 2 heterocycles. The van der Waals surface area contributed by atoms with Gasteiger partial charge in [-0.3, -0.25) is 14.5 Å². The minimum Gasteiger partial charge on any atom is -0.341 e. The number of rotatable bonds is 3. The van der Waals surface area contributed by atoms with E-state index in [0.717, 1.165) is 19.5 Å². The zero-order valence-electron chi connectivity index (χ0n) is 10.2. The number of hydrogen-bond donors (Lipinski definition) is 1. The van der Waals surface area contributed by atoms with Gasteiger partial charge in [0.2, 0.25) is 5.91 Å². The van der Waals surface area contributed by atoms with E-state index in [1.54, 1.807) is 0 Å². The van der Waals surface area contributed by atoms with Crippen LogP contribution in [0.4, 0.5) is 0 Å². The summed E-state index contributed by atoms with van der Waals surface area (Å²) in [7, 11) is 0. The molecule has 0 bridgehead atoms. The quantitative estimate of drug-likeness (QED) is 0.718. The summed E-state index contributed by atoms with van der Waals surface area (Å²) in [6, 6.07) is 0. The van der Waals surface area contributed by atoms with E-state index in [2.05, 4.69) is 4.90 Å². The summed E-state index contributed by atoms with van der Waals surface area (Å²) in [5, 5.41) is 0. The summed E-state index contributed by atoms with van der Waals surface area (Å²) in [5.41, 5.74) is 5.63. The average Bonchev–Trinajstić information content (AvgIpc) is 2.77. The van der Waals surface area contributed by atoms with Crippen LogP contribution in [0.3, 0.4) is 0 Å². The Morgan fingerprint density at radius 3 is 2.59 bits per heavy atom. The second-order valence-electron chi connectivity index (χ2n) is 5.04. The van der Waals surface area contributed by atoms with Crippen LogP contribution in [-0.2, 0) is 9.59 Å². The van der Waals surface area contributed by atoms with Crippen molar-refractivity contribution in [2.75, 3.05) is 39.3 Å². The van der Waals surface area contributed by atoms with E-state index in [-0.39, 0.29) is 11.7 Å². The molecule has 5 heteroatoms. The SMILES string of the molecule is NCC1CCN(CC(=O)N2CCC(=O)CC2)C1. The standard InChI is InChI=1S/C12H21N3O2/c13-7-10-1-4-14(8-10)9-12(17)15-5-2-11(16)3-6-15/h10H,1-9,13H2. The lowest BCUT2D eigenvalue weighted by Crippen LogP contribution is -2.44. The van der Waals surface area contributed by atoms with Crippen molar-refractivity contribution in [1.29, 1.82) is 0 Å². The van der Waals surface area contributed by atoms with Gasteiger partial charge in [0.1, 0.15) is 5.78 Å². The molecule has 5 nitrogen and oxygen atoms in total. The van der Waals surface area contributed by atoms with Crippen LogP contribution in [-0.4, -0.2) is 60.8 Å². The first kappa shape index (κ1) is 12.5. The van der Waals surface area contributed by atoms with Gasteiger partial charge in [-0.15, -0.1) is 0 Å². The maximum Gasteiger partial charge on any atom is 0.236 e.